The van der Waals surface area contributed by atoms with Gasteiger partial charge in [0, 0.05) is 17.9 Å². The zero-order valence-corrected chi connectivity index (χ0v) is 10.4. The Hall–Kier alpha value is -1.45. The van der Waals surface area contributed by atoms with Gasteiger partial charge in [-0.05, 0) is 12.8 Å². The Balaban J connectivity index is 2.07. The van der Waals surface area contributed by atoms with Crippen molar-refractivity contribution in [2.45, 2.75) is 39.0 Å². The Morgan fingerprint density at radius 3 is 2.76 bits per heavy atom. The molecule has 2 rings (SSSR count). The van der Waals surface area contributed by atoms with Crippen molar-refractivity contribution in [3.63, 3.8) is 0 Å². The molecule has 1 aromatic rings. The van der Waals surface area contributed by atoms with Crippen molar-refractivity contribution in [2.24, 2.45) is 5.41 Å². The lowest BCUT2D eigenvalue weighted by atomic mass is 9.82. The molecule has 0 unspecified atom stereocenters. The molecule has 0 radical (unpaired) electrons. The quantitative estimate of drug-likeness (QED) is 0.801. The van der Waals surface area contributed by atoms with Crippen LogP contribution in [0.1, 0.15) is 38.3 Å². The molecular formula is C13H18N2O2. The number of aromatic nitrogens is 2. The van der Waals surface area contributed by atoms with Crippen molar-refractivity contribution in [1.29, 1.82) is 0 Å². The monoisotopic (exact) mass is 234 g/mol. The van der Waals surface area contributed by atoms with E-state index in [1.54, 1.807) is 13.2 Å². The summed E-state index contributed by atoms with van der Waals surface area (Å²) in [5.41, 5.74) is 0.605. The van der Waals surface area contributed by atoms with Crippen LogP contribution in [0.4, 0.5) is 0 Å². The highest BCUT2D eigenvalue weighted by Gasteiger charge is 2.35. The molecule has 17 heavy (non-hydrogen) atoms. The molecule has 92 valence electrons. The van der Waals surface area contributed by atoms with Gasteiger partial charge >= 0.3 is 0 Å². The second-order valence-electron chi connectivity index (χ2n) is 4.92. The van der Waals surface area contributed by atoms with Gasteiger partial charge in [0.1, 0.15) is 12.1 Å². The van der Waals surface area contributed by atoms with Crippen LogP contribution < -0.4 is 4.74 Å². The molecule has 1 aromatic heterocycles. The molecule has 1 heterocycles. The number of carbonyl (C=O) groups is 1. The van der Waals surface area contributed by atoms with Crippen LogP contribution in [0.2, 0.25) is 0 Å². The molecule has 0 amide bonds. The summed E-state index contributed by atoms with van der Waals surface area (Å²) in [5.74, 6) is 0.801. The Kier molecular flexibility index (Phi) is 3.41. The van der Waals surface area contributed by atoms with E-state index < -0.39 is 0 Å². The lowest BCUT2D eigenvalue weighted by molar-refractivity contribution is -0.127. The third kappa shape index (κ3) is 2.62. The molecule has 0 spiro atoms. The molecular weight excluding hydrogens is 216 g/mol. The average Bonchev–Trinajstić information content (AvgIpc) is 2.78. The summed E-state index contributed by atoms with van der Waals surface area (Å²) in [4.78, 5) is 20.3. The lowest BCUT2D eigenvalue weighted by Crippen LogP contribution is -2.26. The highest BCUT2D eigenvalue weighted by atomic mass is 16.5. The van der Waals surface area contributed by atoms with Crippen LogP contribution in [0.5, 0.6) is 5.88 Å². The number of ether oxygens (including phenoxy) is 1. The van der Waals surface area contributed by atoms with Crippen LogP contribution in [0.3, 0.4) is 0 Å². The Labute approximate surface area is 101 Å². The van der Waals surface area contributed by atoms with E-state index in [1.165, 1.54) is 6.33 Å². The Morgan fingerprint density at radius 2 is 2.12 bits per heavy atom. The van der Waals surface area contributed by atoms with Gasteiger partial charge in [0.2, 0.25) is 5.88 Å². The fourth-order valence-corrected chi connectivity index (χ4v) is 2.40. The number of carbonyl (C=O) groups excluding carboxylic acids is 1. The summed E-state index contributed by atoms with van der Waals surface area (Å²) < 4.78 is 5.02. The normalized spacial score (nSPS) is 18.0. The fourth-order valence-electron chi connectivity index (χ4n) is 2.40. The van der Waals surface area contributed by atoms with E-state index in [0.29, 0.717) is 12.3 Å². The van der Waals surface area contributed by atoms with Crippen molar-refractivity contribution < 1.29 is 9.53 Å². The zero-order chi connectivity index (χ0) is 12.3. The van der Waals surface area contributed by atoms with Gasteiger partial charge in [0.05, 0.1) is 12.8 Å². The molecule has 0 aromatic carbocycles. The minimum atomic E-state index is -0.141. The molecule has 1 fully saturated rings. The number of nitrogens with zero attached hydrogens (tertiary/aromatic N) is 2. The predicted octanol–water partition coefficient (Wildman–Crippen LogP) is 2.18. The summed E-state index contributed by atoms with van der Waals surface area (Å²) in [6.45, 7) is 2.07. The number of ketones is 1. The summed E-state index contributed by atoms with van der Waals surface area (Å²) in [6.07, 6.45) is 6.17. The molecule has 1 saturated carbocycles. The molecule has 1 aliphatic carbocycles. The summed E-state index contributed by atoms with van der Waals surface area (Å²) >= 11 is 0. The topological polar surface area (TPSA) is 52.1 Å². The number of Topliss-reactive ketones (excluding diaryl/α,β-unsaturated/α-hetero) is 1. The number of rotatable bonds is 4. The number of hydrogen-bond donors (Lipinski definition) is 0. The number of methoxy groups -OCH3 is 1. The van der Waals surface area contributed by atoms with E-state index in [2.05, 4.69) is 16.9 Å². The highest BCUT2D eigenvalue weighted by Crippen LogP contribution is 2.38. The third-order valence-electron chi connectivity index (χ3n) is 3.63. The minimum absolute atomic E-state index is 0.141. The predicted molar refractivity (Wildman–Crippen MR) is 63.9 cm³/mol. The van der Waals surface area contributed by atoms with Crippen LogP contribution in [0, 0.1) is 5.41 Å². The first-order chi connectivity index (χ1) is 8.14. The van der Waals surface area contributed by atoms with E-state index >= 15 is 0 Å². The molecule has 0 bridgehead atoms. The van der Waals surface area contributed by atoms with Crippen LogP contribution >= 0.6 is 0 Å². The van der Waals surface area contributed by atoms with E-state index in [1.807, 2.05) is 0 Å². The van der Waals surface area contributed by atoms with Gasteiger partial charge in [-0.3, -0.25) is 4.79 Å². The summed E-state index contributed by atoms with van der Waals surface area (Å²) in [5, 5.41) is 0. The second-order valence-corrected chi connectivity index (χ2v) is 4.92. The van der Waals surface area contributed by atoms with Gasteiger partial charge in [0.25, 0.3) is 0 Å². The van der Waals surface area contributed by atoms with Crippen molar-refractivity contribution >= 4 is 5.78 Å². The largest absolute Gasteiger partial charge is 0.481 e. The van der Waals surface area contributed by atoms with Crippen molar-refractivity contribution in [3.8, 4) is 5.88 Å². The molecule has 0 aliphatic heterocycles. The molecule has 1 aliphatic rings. The molecule has 0 saturated heterocycles. The molecule has 0 N–H and O–H groups in total. The van der Waals surface area contributed by atoms with Gasteiger partial charge in [0.15, 0.2) is 0 Å². The lowest BCUT2D eigenvalue weighted by Gasteiger charge is -2.21. The van der Waals surface area contributed by atoms with Crippen molar-refractivity contribution in [2.75, 3.05) is 7.11 Å². The van der Waals surface area contributed by atoms with Crippen molar-refractivity contribution in [3.05, 3.63) is 18.1 Å². The minimum Gasteiger partial charge on any atom is -0.481 e. The SMILES string of the molecule is COc1cc(CC(=O)C2(C)CCCC2)ncn1. The molecule has 4 heteroatoms. The third-order valence-corrected chi connectivity index (χ3v) is 3.63. The smallest absolute Gasteiger partial charge is 0.216 e. The number of hydrogen-bond acceptors (Lipinski definition) is 4. The first-order valence-electron chi connectivity index (χ1n) is 6.02. The molecule has 0 atom stereocenters. The Morgan fingerprint density at radius 1 is 1.41 bits per heavy atom. The summed E-state index contributed by atoms with van der Waals surface area (Å²) in [7, 11) is 1.56. The first kappa shape index (κ1) is 12.0. The van der Waals surface area contributed by atoms with E-state index in [-0.39, 0.29) is 11.2 Å². The molecule has 4 nitrogen and oxygen atoms in total. The Bertz CT molecular complexity index is 412. The van der Waals surface area contributed by atoms with Crippen LogP contribution in [-0.4, -0.2) is 22.9 Å². The van der Waals surface area contributed by atoms with Crippen LogP contribution in [-0.2, 0) is 11.2 Å². The fraction of sp³-hybridized carbons (Fsp3) is 0.615. The van der Waals surface area contributed by atoms with Gasteiger partial charge in [-0.25, -0.2) is 9.97 Å². The zero-order valence-electron chi connectivity index (χ0n) is 10.4. The van der Waals surface area contributed by atoms with Gasteiger partial charge in [-0.1, -0.05) is 19.8 Å². The maximum absolute atomic E-state index is 12.2. The maximum atomic E-state index is 12.2. The van der Waals surface area contributed by atoms with Gasteiger partial charge in [-0.15, -0.1) is 0 Å². The maximum Gasteiger partial charge on any atom is 0.216 e. The van der Waals surface area contributed by atoms with Gasteiger partial charge in [-0.2, -0.15) is 0 Å². The summed E-state index contributed by atoms with van der Waals surface area (Å²) in [6, 6.07) is 1.73. The van der Waals surface area contributed by atoms with E-state index in [9.17, 15) is 4.79 Å². The van der Waals surface area contributed by atoms with Gasteiger partial charge < -0.3 is 4.74 Å². The first-order valence-corrected chi connectivity index (χ1v) is 6.02. The second kappa shape index (κ2) is 4.82. The standard InChI is InChI=1S/C13H18N2O2/c1-13(5-3-4-6-13)11(16)7-10-8-12(17-2)15-9-14-10/h8-9H,3-7H2,1-2H3. The average molecular weight is 234 g/mol. The van der Waals surface area contributed by atoms with Crippen LogP contribution in [0.25, 0.3) is 0 Å². The highest BCUT2D eigenvalue weighted by molar-refractivity contribution is 5.86. The van der Waals surface area contributed by atoms with Crippen molar-refractivity contribution in [1.82, 2.24) is 9.97 Å². The van der Waals surface area contributed by atoms with E-state index in [0.717, 1.165) is 31.4 Å². The van der Waals surface area contributed by atoms with E-state index in [4.69, 9.17) is 4.74 Å². The van der Waals surface area contributed by atoms with Crippen LogP contribution in [0.15, 0.2) is 12.4 Å².